The highest BCUT2D eigenvalue weighted by molar-refractivity contribution is 8.00. The molecule has 0 saturated heterocycles. The zero-order valence-corrected chi connectivity index (χ0v) is 10.7. The zero-order chi connectivity index (χ0) is 13.5. The predicted octanol–water partition coefficient (Wildman–Crippen LogP) is 3.62. The van der Waals surface area contributed by atoms with Crippen molar-refractivity contribution in [2.24, 2.45) is 0 Å². The van der Waals surface area contributed by atoms with Crippen molar-refractivity contribution < 1.29 is 13.2 Å². The third-order valence-corrected chi connectivity index (χ3v) is 4.37. The summed E-state index contributed by atoms with van der Waals surface area (Å²) in [6.07, 6.45) is -1.48. The molecule has 0 bridgehead atoms. The summed E-state index contributed by atoms with van der Waals surface area (Å²) < 4.78 is 38.8. The Kier molecular flexibility index (Phi) is 3.05. The number of thioether (sulfide) groups is 1. The van der Waals surface area contributed by atoms with Gasteiger partial charge in [0.25, 0.3) is 0 Å². The van der Waals surface area contributed by atoms with Gasteiger partial charge in [0.1, 0.15) is 0 Å². The summed E-state index contributed by atoms with van der Waals surface area (Å²) in [6.45, 7) is 0.495. The molecule has 0 aliphatic carbocycles. The lowest BCUT2D eigenvalue weighted by Crippen LogP contribution is -2.12. The molecule has 1 aromatic carbocycles. The third-order valence-electron chi connectivity index (χ3n) is 3.07. The minimum absolute atomic E-state index is 0.249. The van der Waals surface area contributed by atoms with E-state index in [4.69, 9.17) is 0 Å². The number of hydrogen-bond acceptors (Lipinski definition) is 2. The summed E-state index contributed by atoms with van der Waals surface area (Å²) in [5.74, 6) is 0. The maximum Gasteiger partial charge on any atom is 0.419 e. The minimum atomic E-state index is -4.32. The van der Waals surface area contributed by atoms with E-state index in [1.807, 2.05) is 18.2 Å². The number of benzene rings is 1. The van der Waals surface area contributed by atoms with E-state index in [9.17, 15) is 13.2 Å². The van der Waals surface area contributed by atoms with Gasteiger partial charge < -0.3 is 0 Å². The molecule has 1 aliphatic rings. The first-order valence-corrected chi connectivity index (χ1v) is 6.74. The van der Waals surface area contributed by atoms with Crippen LogP contribution in [0.3, 0.4) is 0 Å². The predicted molar refractivity (Wildman–Crippen MR) is 67.0 cm³/mol. The minimum Gasteiger partial charge on any atom is -0.271 e. The maximum atomic E-state index is 12.5. The van der Waals surface area contributed by atoms with E-state index >= 15 is 0 Å². The number of hydrogen-bond donors (Lipinski definition) is 0. The molecule has 0 N–H and O–H groups in total. The highest BCUT2D eigenvalue weighted by Gasteiger charge is 2.32. The van der Waals surface area contributed by atoms with E-state index in [-0.39, 0.29) is 5.25 Å². The van der Waals surface area contributed by atoms with Gasteiger partial charge in [-0.1, -0.05) is 18.2 Å². The molecule has 2 aromatic rings. The number of nitrogens with zero attached hydrogens (tertiary/aromatic N) is 2. The Balaban J connectivity index is 1.70. The smallest absolute Gasteiger partial charge is 0.271 e. The van der Waals surface area contributed by atoms with Gasteiger partial charge in [-0.05, 0) is 18.1 Å². The molecule has 1 unspecified atom stereocenters. The number of alkyl halides is 3. The van der Waals surface area contributed by atoms with Gasteiger partial charge in [0.15, 0.2) is 0 Å². The van der Waals surface area contributed by atoms with Crippen molar-refractivity contribution in [1.82, 2.24) is 9.78 Å². The molecular weight excluding hydrogens is 273 g/mol. The number of rotatable bonds is 2. The Morgan fingerprint density at radius 1 is 1.32 bits per heavy atom. The van der Waals surface area contributed by atoms with Crippen LogP contribution < -0.4 is 0 Å². The van der Waals surface area contributed by atoms with Crippen molar-refractivity contribution in [3.63, 3.8) is 0 Å². The number of aromatic nitrogens is 2. The normalized spacial score (nSPS) is 18.6. The van der Waals surface area contributed by atoms with Crippen molar-refractivity contribution in [3.8, 4) is 0 Å². The second kappa shape index (κ2) is 4.59. The molecule has 3 rings (SSSR count). The summed E-state index contributed by atoms with van der Waals surface area (Å²) in [6, 6.07) is 8.07. The first-order chi connectivity index (χ1) is 9.02. The van der Waals surface area contributed by atoms with Crippen LogP contribution in [0.15, 0.2) is 41.6 Å². The first-order valence-electron chi connectivity index (χ1n) is 5.86. The summed E-state index contributed by atoms with van der Waals surface area (Å²) in [4.78, 5) is 1.22. The average molecular weight is 284 g/mol. The molecule has 100 valence electrons. The van der Waals surface area contributed by atoms with Gasteiger partial charge in [-0.25, -0.2) is 0 Å². The first kappa shape index (κ1) is 12.6. The molecule has 19 heavy (non-hydrogen) atoms. The van der Waals surface area contributed by atoms with Crippen LogP contribution >= 0.6 is 11.8 Å². The summed E-state index contributed by atoms with van der Waals surface area (Å²) in [5, 5.41) is 4.04. The van der Waals surface area contributed by atoms with Crippen LogP contribution in [0.2, 0.25) is 0 Å². The van der Waals surface area contributed by atoms with Gasteiger partial charge in [-0.2, -0.15) is 18.3 Å². The van der Waals surface area contributed by atoms with Crippen LogP contribution in [0.4, 0.5) is 13.2 Å². The highest BCUT2D eigenvalue weighted by atomic mass is 32.2. The Morgan fingerprint density at radius 3 is 2.79 bits per heavy atom. The van der Waals surface area contributed by atoms with Crippen LogP contribution in [-0.4, -0.2) is 15.0 Å². The van der Waals surface area contributed by atoms with Crippen molar-refractivity contribution in [2.45, 2.75) is 29.3 Å². The SMILES string of the molecule is FC(F)(F)c1cnn(CC2Cc3ccccc3S2)c1. The van der Waals surface area contributed by atoms with Crippen LogP contribution in [0.25, 0.3) is 0 Å². The largest absolute Gasteiger partial charge is 0.419 e. The summed E-state index contributed by atoms with van der Waals surface area (Å²) >= 11 is 1.71. The highest BCUT2D eigenvalue weighted by Crippen LogP contribution is 2.37. The second-order valence-electron chi connectivity index (χ2n) is 4.50. The fraction of sp³-hybridized carbons (Fsp3) is 0.308. The Hall–Kier alpha value is -1.43. The zero-order valence-electron chi connectivity index (χ0n) is 9.89. The van der Waals surface area contributed by atoms with E-state index in [0.717, 1.165) is 18.8 Å². The van der Waals surface area contributed by atoms with Crippen molar-refractivity contribution in [2.75, 3.05) is 0 Å². The van der Waals surface area contributed by atoms with Gasteiger partial charge in [0.05, 0.1) is 18.3 Å². The van der Waals surface area contributed by atoms with Gasteiger partial charge in [0, 0.05) is 16.3 Å². The number of halogens is 3. The van der Waals surface area contributed by atoms with Gasteiger partial charge in [0.2, 0.25) is 0 Å². The second-order valence-corrected chi connectivity index (χ2v) is 5.84. The third kappa shape index (κ3) is 2.63. The topological polar surface area (TPSA) is 17.8 Å². The standard InChI is InChI=1S/C13H11F3N2S/c14-13(15,16)10-6-17-18(7-10)8-11-5-9-3-1-2-4-12(9)19-11/h1-4,6-7,11H,5,8H2. The van der Waals surface area contributed by atoms with Gasteiger partial charge in [-0.15, -0.1) is 11.8 Å². The van der Waals surface area contributed by atoms with E-state index in [1.54, 1.807) is 11.8 Å². The molecule has 6 heteroatoms. The van der Waals surface area contributed by atoms with Gasteiger partial charge >= 0.3 is 6.18 Å². The monoisotopic (exact) mass is 284 g/mol. The number of fused-ring (bicyclic) bond motifs is 1. The Bertz CT molecular complexity index is 567. The molecule has 1 atom stereocenters. The fourth-order valence-corrected chi connectivity index (χ4v) is 3.48. The average Bonchev–Trinajstić information content (AvgIpc) is 2.94. The fourth-order valence-electron chi connectivity index (χ4n) is 2.17. The Labute approximate surface area is 112 Å². The molecule has 0 amide bonds. The van der Waals surface area contributed by atoms with Crippen molar-refractivity contribution in [1.29, 1.82) is 0 Å². The molecule has 1 aliphatic heterocycles. The molecule has 2 heterocycles. The van der Waals surface area contributed by atoms with E-state index in [1.165, 1.54) is 15.1 Å². The molecular formula is C13H11F3N2S. The lowest BCUT2D eigenvalue weighted by molar-refractivity contribution is -0.137. The van der Waals surface area contributed by atoms with Crippen LogP contribution in [0, 0.1) is 0 Å². The molecule has 0 saturated carbocycles. The van der Waals surface area contributed by atoms with Crippen molar-refractivity contribution in [3.05, 3.63) is 47.8 Å². The molecule has 2 nitrogen and oxygen atoms in total. The van der Waals surface area contributed by atoms with Crippen LogP contribution in [0.5, 0.6) is 0 Å². The Morgan fingerprint density at radius 2 is 2.11 bits per heavy atom. The van der Waals surface area contributed by atoms with Crippen molar-refractivity contribution >= 4 is 11.8 Å². The van der Waals surface area contributed by atoms with E-state index < -0.39 is 11.7 Å². The maximum absolute atomic E-state index is 12.5. The molecule has 0 fully saturated rings. The van der Waals surface area contributed by atoms with Gasteiger partial charge in [-0.3, -0.25) is 4.68 Å². The van der Waals surface area contributed by atoms with Crippen LogP contribution in [-0.2, 0) is 19.1 Å². The van der Waals surface area contributed by atoms with E-state index in [2.05, 4.69) is 11.2 Å². The molecule has 0 radical (unpaired) electrons. The van der Waals surface area contributed by atoms with E-state index in [0.29, 0.717) is 6.54 Å². The lowest BCUT2D eigenvalue weighted by Gasteiger charge is -2.08. The summed E-state index contributed by atoms with van der Waals surface area (Å²) in [7, 11) is 0. The lowest BCUT2D eigenvalue weighted by atomic mass is 10.1. The molecule has 1 aromatic heterocycles. The molecule has 0 spiro atoms. The quantitative estimate of drug-likeness (QED) is 0.838. The summed E-state index contributed by atoms with van der Waals surface area (Å²) in [5.41, 5.74) is 0.578. The van der Waals surface area contributed by atoms with Crippen LogP contribution in [0.1, 0.15) is 11.1 Å².